The summed E-state index contributed by atoms with van der Waals surface area (Å²) in [6.45, 7) is 4.83. The van der Waals surface area contributed by atoms with E-state index in [0.717, 1.165) is 5.56 Å². The summed E-state index contributed by atoms with van der Waals surface area (Å²) in [4.78, 5) is 12.3. The number of anilines is 1. The predicted molar refractivity (Wildman–Crippen MR) is 87.9 cm³/mol. The van der Waals surface area contributed by atoms with E-state index >= 15 is 0 Å². The summed E-state index contributed by atoms with van der Waals surface area (Å²) in [7, 11) is -3.62. The van der Waals surface area contributed by atoms with Gasteiger partial charge in [0.2, 0.25) is 0 Å². The normalized spacial score (nSPS) is 11.5. The Labute approximate surface area is 135 Å². The van der Waals surface area contributed by atoms with Crippen LogP contribution >= 0.6 is 0 Å². The van der Waals surface area contributed by atoms with Crippen molar-refractivity contribution < 1.29 is 17.6 Å². The van der Waals surface area contributed by atoms with Crippen LogP contribution in [0.5, 0.6) is 0 Å². The molecule has 0 aliphatic rings. The molecule has 2 aromatic carbocycles. The minimum absolute atomic E-state index is 0.00109. The third-order valence-corrected chi connectivity index (χ3v) is 5.64. The van der Waals surface area contributed by atoms with E-state index < -0.39 is 26.8 Å². The molecule has 0 fully saturated rings. The number of benzene rings is 2. The van der Waals surface area contributed by atoms with Crippen LogP contribution < -0.4 is 5.32 Å². The van der Waals surface area contributed by atoms with Gasteiger partial charge in [0, 0.05) is 0 Å². The Balaban J connectivity index is 2.41. The van der Waals surface area contributed by atoms with Crippen LogP contribution in [-0.2, 0) is 9.84 Å². The van der Waals surface area contributed by atoms with Crippen LogP contribution in [0.1, 0.15) is 29.8 Å². The predicted octanol–water partition coefficient (Wildman–Crippen LogP) is 3.57. The number of rotatable bonds is 4. The summed E-state index contributed by atoms with van der Waals surface area (Å²) >= 11 is 0. The lowest BCUT2D eigenvalue weighted by molar-refractivity contribution is 0.102. The number of carbonyl (C=O) groups is 1. The van der Waals surface area contributed by atoms with Gasteiger partial charge in [-0.1, -0.05) is 18.2 Å². The molecule has 0 saturated carbocycles. The summed E-state index contributed by atoms with van der Waals surface area (Å²) in [5.41, 5.74) is 0.738. The van der Waals surface area contributed by atoms with Crippen LogP contribution in [-0.4, -0.2) is 19.6 Å². The summed E-state index contributed by atoms with van der Waals surface area (Å²) < 4.78 is 38.6. The second kappa shape index (κ2) is 6.50. The fourth-order valence-electron chi connectivity index (χ4n) is 2.07. The molecule has 0 radical (unpaired) electrons. The Kier molecular flexibility index (Phi) is 4.85. The molecular formula is C17H18FNO3S. The summed E-state index contributed by atoms with van der Waals surface area (Å²) in [6.07, 6.45) is 0. The Morgan fingerprint density at radius 3 is 2.39 bits per heavy atom. The first-order valence-electron chi connectivity index (χ1n) is 7.14. The van der Waals surface area contributed by atoms with Crippen molar-refractivity contribution in [2.24, 2.45) is 0 Å². The van der Waals surface area contributed by atoms with E-state index in [1.807, 2.05) is 0 Å². The first kappa shape index (κ1) is 17.1. The van der Waals surface area contributed by atoms with Gasteiger partial charge in [0.15, 0.2) is 9.84 Å². The molecular weight excluding hydrogens is 317 g/mol. The summed E-state index contributed by atoms with van der Waals surface area (Å²) in [6, 6.07) is 10.3. The van der Waals surface area contributed by atoms with E-state index in [1.165, 1.54) is 24.3 Å². The monoisotopic (exact) mass is 335 g/mol. The molecule has 0 aliphatic carbocycles. The van der Waals surface area contributed by atoms with E-state index in [-0.39, 0.29) is 16.1 Å². The third-order valence-electron chi connectivity index (χ3n) is 3.43. The van der Waals surface area contributed by atoms with E-state index in [1.54, 1.807) is 39.0 Å². The zero-order valence-corrected chi connectivity index (χ0v) is 13.9. The Morgan fingerprint density at radius 2 is 1.78 bits per heavy atom. The van der Waals surface area contributed by atoms with Gasteiger partial charge in [-0.05, 0) is 50.6 Å². The van der Waals surface area contributed by atoms with Crippen LogP contribution in [0.4, 0.5) is 10.1 Å². The number of hydrogen-bond donors (Lipinski definition) is 1. The lowest BCUT2D eigenvalue weighted by Gasteiger charge is -2.13. The SMILES string of the molecule is Cc1ccc(NC(=O)c2ccccc2S(=O)(=O)C(C)C)c(F)c1. The maximum atomic E-state index is 13.9. The lowest BCUT2D eigenvalue weighted by Crippen LogP contribution is -2.21. The van der Waals surface area contributed by atoms with Crippen LogP contribution in [0.25, 0.3) is 0 Å². The first-order valence-corrected chi connectivity index (χ1v) is 8.68. The maximum Gasteiger partial charge on any atom is 0.257 e. The number of halogens is 1. The van der Waals surface area contributed by atoms with Crippen LogP contribution in [0.15, 0.2) is 47.4 Å². The van der Waals surface area contributed by atoms with Gasteiger partial charge in [-0.3, -0.25) is 4.79 Å². The highest BCUT2D eigenvalue weighted by Gasteiger charge is 2.25. The molecule has 122 valence electrons. The van der Waals surface area contributed by atoms with Crippen molar-refractivity contribution in [3.8, 4) is 0 Å². The molecule has 4 nitrogen and oxygen atoms in total. The van der Waals surface area contributed by atoms with Crippen molar-refractivity contribution in [3.63, 3.8) is 0 Å². The highest BCUT2D eigenvalue weighted by atomic mass is 32.2. The van der Waals surface area contributed by atoms with Crippen LogP contribution in [0.3, 0.4) is 0 Å². The minimum atomic E-state index is -3.62. The second-order valence-electron chi connectivity index (χ2n) is 5.53. The molecule has 1 N–H and O–H groups in total. The number of amides is 1. The molecule has 2 aromatic rings. The smallest absolute Gasteiger partial charge is 0.257 e. The second-order valence-corrected chi connectivity index (χ2v) is 8.00. The van der Waals surface area contributed by atoms with Crippen molar-refractivity contribution in [2.75, 3.05) is 5.32 Å². The number of aryl methyl sites for hydroxylation is 1. The first-order chi connectivity index (χ1) is 10.7. The van der Waals surface area contributed by atoms with Gasteiger partial charge in [0.1, 0.15) is 5.82 Å². The quantitative estimate of drug-likeness (QED) is 0.929. The highest BCUT2D eigenvalue weighted by Crippen LogP contribution is 2.22. The van der Waals surface area contributed by atoms with Gasteiger partial charge in [-0.25, -0.2) is 12.8 Å². The Bertz CT molecular complexity index is 845. The van der Waals surface area contributed by atoms with E-state index in [4.69, 9.17) is 0 Å². The number of hydrogen-bond acceptors (Lipinski definition) is 3. The average molecular weight is 335 g/mol. The number of sulfone groups is 1. The average Bonchev–Trinajstić information content (AvgIpc) is 2.49. The standard InChI is InChI=1S/C17H18FNO3S/c1-11(2)23(21,22)16-7-5-4-6-13(16)17(20)19-15-9-8-12(3)10-14(15)18/h4-11H,1-3H3,(H,19,20). The molecule has 0 heterocycles. The van der Waals surface area contributed by atoms with E-state index in [9.17, 15) is 17.6 Å². The van der Waals surface area contributed by atoms with Gasteiger partial charge in [-0.2, -0.15) is 0 Å². The molecule has 6 heteroatoms. The van der Waals surface area contributed by atoms with Crippen molar-refractivity contribution >= 4 is 21.4 Å². The highest BCUT2D eigenvalue weighted by molar-refractivity contribution is 7.92. The minimum Gasteiger partial charge on any atom is -0.319 e. The molecule has 0 saturated heterocycles. The molecule has 1 amide bonds. The van der Waals surface area contributed by atoms with Crippen molar-refractivity contribution in [3.05, 3.63) is 59.4 Å². The molecule has 0 atom stereocenters. The lowest BCUT2D eigenvalue weighted by atomic mass is 10.2. The van der Waals surface area contributed by atoms with E-state index in [2.05, 4.69) is 5.32 Å². The molecule has 0 bridgehead atoms. The maximum absolute atomic E-state index is 13.9. The molecule has 0 spiro atoms. The van der Waals surface area contributed by atoms with Crippen molar-refractivity contribution in [1.82, 2.24) is 0 Å². The molecule has 23 heavy (non-hydrogen) atoms. The van der Waals surface area contributed by atoms with E-state index in [0.29, 0.717) is 0 Å². The molecule has 0 unspecified atom stereocenters. The number of carbonyl (C=O) groups excluding carboxylic acids is 1. The summed E-state index contributed by atoms with van der Waals surface area (Å²) in [5.74, 6) is -1.23. The van der Waals surface area contributed by atoms with Crippen molar-refractivity contribution in [2.45, 2.75) is 30.9 Å². The zero-order valence-electron chi connectivity index (χ0n) is 13.1. The van der Waals surface area contributed by atoms with Gasteiger partial charge >= 0.3 is 0 Å². The third kappa shape index (κ3) is 3.59. The topological polar surface area (TPSA) is 63.2 Å². The largest absolute Gasteiger partial charge is 0.319 e. The van der Waals surface area contributed by atoms with Gasteiger partial charge < -0.3 is 5.32 Å². The van der Waals surface area contributed by atoms with Gasteiger partial charge in [-0.15, -0.1) is 0 Å². The number of nitrogens with one attached hydrogen (secondary N) is 1. The Hall–Kier alpha value is -2.21. The molecule has 0 aliphatic heterocycles. The fraction of sp³-hybridized carbons (Fsp3) is 0.235. The molecule has 0 aromatic heterocycles. The van der Waals surface area contributed by atoms with Crippen molar-refractivity contribution in [1.29, 1.82) is 0 Å². The Morgan fingerprint density at radius 1 is 1.13 bits per heavy atom. The van der Waals surface area contributed by atoms with Crippen LogP contribution in [0, 0.1) is 12.7 Å². The van der Waals surface area contributed by atoms with Crippen LogP contribution in [0.2, 0.25) is 0 Å². The fourth-order valence-corrected chi connectivity index (χ4v) is 3.31. The summed E-state index contributed by atoms with van der Waals surface area (Å²) in [5, 5.41) is 1.77. The van der Waals surface area contributed by atoms with Gasteiger partial charge in [0.05, 0.1) is 21.4 Å². The van der Waals surface area contributed by atoms with Gasteiger partial charge in [0.25, 0.3) is 5.91 Å². The molecule has 2 rings (SSSR count). The zero-order chi connectivity index (χ0) is 17.2.